The number of ether oxygens (including phenoxy) is 2. The lowest BCUT2D eigenvalue weighted by Crippen LogP contribution is -2.44. The number of rotatable bonds is 9. The minimum atomic E-state index is -0.133. The van der Waals surface area contributed by atoms with Crippen LogP contribution in [-0.2, 0) is 16.0 Å². The van der Waals surface area contributed by atoms with Gasteiger partial charge in [0, 0.05) is 26.7 Å². The van der Waals surface area contributed by atoms with Crippen LogP contribution in [0.5, 0.6) is 11.5 Å². The number of allylic oxidation sites excluding steroid dienone is 2. The number of nitrogens with one attached hydrogen (secondary N) is 2. The van der Waals surface area contributed by atoms with Gasteiger partial charge in [-0.1, -0.05) is 18.2 Å². The van der Waals surface area contributed by atoms with Gasteiger partial charge < -0.3 is 20.1 Å². The molecule has 1 saturated carbocycles. The fourth-order valence-corrected chi connectivity index (χ4v) is 5.23. The number of guanidine groups is 1. The first-order chi connectivity index (χ1) is 15.6. The molecule has 0 spiro atoms. The van der Waals surface area contributed by atoms with Gasteiger partial charge in [-0.2, -0.15) is 0 Å². The molecule has 1 aliphatic heterocycles. The highest BCUT2D eigenvalue weighted by Crippen LogP contribution is 2.52. The third-order valence-corrected chi connectivity index (χ3v) is 6.80. The van der Waals surface area contributed by atoms with Crippen molar-refractivity contribution in [3.8, 4) is 11.5 Å². The molecule has 8 nitrogen and oxygen atoms in total. The second-order valence-corrected chi connectivity index (χ2v) is 8.55. The molecule has 2 N–H and O–H groups in total. The standard InChI is InChI=1S/C24H32N4O4/c1-25-24(26-10-4-5-15-6-9-18(31-2)19(13-15)32-3)27-11-12-28-22(29)20-16-7-8-17(14-16)21(20)23(28)30/h6-9,13,16-17,20-21H,4-5,10-12,14H2,1-3H3,(H2,25,26,27). The zero-order chi connectivity index (χ0) is 22.7. The lowest BCUT2D eigenvalue weighted by atomic mass is 9.85. The van der Waals surface area contributed by atoms with Crippen molar-refractivity contribution >= 4 is 17.8 Å². The number of benzene rings is 1. The summed E-state index contributed by atoms with van der Waals surface area (Å²) in [6.45, 7) is 1.60. The number of amides is 2. The third-order valence-electron chi connectivity index (χ3n) is 6.80. The Hall–Kier alpha value is -3.03. The molecule has 2 amide bonds. The predicted octanol–water partition coefficient (Wildman–Crippen LogP) is 1.61. The Bertz CT molecular complexity index is 899. The van der Waals surface area contributed by atoms with Crippen LogP contribution in [0.4, 0.5) is 0 Å². The van der Waals surface area contributed by atoms with E-state index in [1.807, 2.05) is 18.2 Å². The van der Waals surface area contributed by atoms with Crippen molar-refractivity contribution in [3.05, 3.63) is 35.9 Å². The highest BCUT2D eigenvalue weighted by Gasteiger charge is 2.58. The maximum absolute atomic E-state index is 12.7. The smallest absolute Gasteiger partial charge is 0.233 e. The van der Waals surface area contributed by atoms with Crippen LogP contribution in [0.15, 0.2) is 35.3 Å². The van der Waals surface area contributed by atoms with Gasteiger partial charge in [0.15, 0.2) is 17.5 Å². The van der Waals surface area contributed by atoms with E-state index in [-0.39, 0.29) is 35.5 Å². The largest absolute Gasteiger partial charge is 0.493 e. The first-order valence-electron chi connectivity index (χ1n) is 11.3. The van der Waals surface area contributed by atoms with Crippen LogP contribution >= 0.6 is 0 Å². The van der Waals surface area contributed by atoms with E-state index in [0.717, 1.165) is 37.3 Å². The van der Waals surface area contributed by atoms with Gasteiger partial charge >= 0.3 is 0 Å². The van der Waals surface area contributed by atoms with E-state index >= 15 is 0 Å². The molecule has 2 bridgehead atoms. The number of imide groups is 1. The normalized spacial score (nSPS) is 26.0. The van der Waals surface area contributed by atoms with Crippen LogP contribution < -0.4 is 20.1 Å². The SMILES string of the molecule is CN=C(NCCCc1ccc(OC)c(OC)c1)NCCN1C(=O)C2C3C=CC(C3)C2C1=O. The maximum Gasteiger partial charge on any atom is 0.233 e. The average Bonchev–Trinajstić information content (AvgIpc) is 3.50. The van der Waals surface area contributed by atoms with Gasteiger partial charge in [0.25, 0.3) is 0 Å². The fraction of sp³-hybridized carbons (Fsp3) is 0.542. The first-order valence-corrected chi connectivity index (χ1v) is 11.3. The monoisotopic (exact) mass is 440 g/mol. The van der Waals surface area contributed by atoms with Crippen LogP contribution in [0.3, 0.4) is 0 Å². The summed E-state index contributed by atoms with van der Waals surface area (Å²) >= 11 is 0. The molecule has 3 aliphatic rings. The molecule has 4 atom stereocenters. The molecule has 172 valence electrons. The Balaban J connectivity index is 1.18. The van der Waals surface area contributed by atoms with Crippen molar-refractivity contribution in [2.45, 2.75) is 19.3 Å². The van der Waals surface area contributed by atoms with Crippen LogP contribution in [0, 0.1) is 23.7 Å². The molecule has 2 fully saturated rings. The Kier molecular flexibility index (Phi) is 6.67. The van der Waals surface area contributed by atoms with Crippen LogP contribution in [0.1, 0.15) is 18.4 Å². The Morgan fingerprint density at radius 1 is 1.03 bits per heavy atom. The maximum atomic E-state index is 12.7. The van der Waals surface area contributed by atoms with Crippen molar-refractivity contribution < 1.29 is 19.1 Å². The first kappa shape index (κ1) is 22.2. The van der Waals surface area contributed by atoms with Crippen molar-refractivity contribution in [1.29, 1.82) is 0 Å². The fourth-order valence-electron chi connectivity index (χ4n) is 5.23. The average molecular weight is 441 g/mol. The number of aliphatic imine (C=N–C) groups is 1. The molecule has 1 aromatic carbocycles. The summed E-state index contributed by atoms with van der Waals surface area (Å²) in [4.78, 5) is 31.2. The van der Waals surface area contributed by atoms with Gasteiger partial charge in [-0.3, -0.25) is 19.5 Å². The van der Waals surface area contributed by atoms with Crippen molar-refractivity contribution in [1.82, 2.24) is 15.5 Å². The lowest BCUT2D eigenvalue weighted by Gasteiger charge is -2.18. The number of methoxy groups -OCH3 is 2. The second kappa shape index (κ2) is 9.63. The van der Waals surface area contributed by atoms with Crippen LogP contribution in [0.25, 0.3) is 0 Å². The number of hydrogen-bond acceptors (Lipinski definition) is 5. The molecule has 4 unspecified atom stereocenters. The van der Waals surface area contributed by atoms with Crippen LogP contribution in [-0.4, -0.2) is 63.6 Å². The van der Waals surface area contributed by atoms with Gasteiger partial charge in [-0.05, 0) is 48.8 Å². The number of nitrogens with zero attached hydrogens (tertiary/aromatic N) is 2. The van der Waals surface area contributed by atoms with E-state index in [0.29, 0.717) is 19.0 Å². The second-order valence-electron chi connectivity index (χ2n) is 8.55. The zero-order valence-corrected chi connectivity index (χ0v) is 19.0. The summed E-state index contributed by atoms with van der Waals surface area (Å²) in [5.41, 5.74) is 1.17. The van der Waals surface area contributed by atoms with Gasteiger partial charge in [-0.15, -0.1) is 0 Å². The minimum absolute atomic E-state index is 0.00323. The minimum Gasteiger partial charge on any atom is -0.493 e. The number of likely N-dealkylation sites (tertiary alicyclic amines) is 1. The topological polar surface area (TPSA) is 92.3 Å². The van der Waals surface area contributed by atoms with Crippen molar-refractivity contribution in [2.75, 3.05) is 40.9 Å². The summed E-state index contributed by atoms with van der Waals surface area (Å²) < 4.78 is 10.6. The molecule has 1 aromatic rings. The third kappa shape index (κ3) is 4.18. The lowest BCUT2D eigenvalue weighted by molar-refractivity contribution is -0.140. The predicted molar refractivity (Wildman–Crippen MR) is 122 cm³/mol. The van der Waals surface area contributed by atoms with E-state index in [1.54, 1.807) is 21.3 Å². The van der Waals surface area contributed by atoms with E-state index in [2.05, 4.69) is 27.8 Å². The van der Waals surface area contributed by atoms with Gasteiger partial charge in [0.2, 0.25) is 11.8 Å². The summed E-state index contributed by atoms with van der Waals surface area (Å²) in [6.07, 6.45) is 7.00. The Morgan fingerprint density at radius 2 is 1.69 bits per heavy atom. The van der Waals surface area contributed by atoms with Gasteiger partial charge in [0.05, 0.1) is 26.1 Å². The molecule has 32 heavy (non-hydrogen) atoms. The van der Waals surface area contributed by atoms with Crippen LogP contribution in [0.2, 0.25) is 0 Å². The summed E-state index contributed by atoms with van der Waals surface area (Å²) in [7, 11) is 4.97. The van der Waals surface area contributed by atoms with Gasteiger partial charge in [-0.25, -0.2) is 0 Å². The van der Waals surface area contributed by atoms with E-state index in [9.17, 15) is 9.59 Å². The summed E-state index contributed by atoms with van der Waals surface area (Å²) in [6, 6.07) is 5.95. The number of hydrogen-bond donors (Lipinski definition) is 2. The van der Waals surface area contributed by atoms with Crippen molar-refractivity contribution in [3.63, 3.8) is 0 Å². The van der Waals surface area contributed by atoms with E-state index in [1.165, 1.54) is 10.5 Å². The molecule has 1 heterocycles. The Labute approximate surface area is 189 Å². The van der Waals surface area contributed by atoms with Gasteiger partial charge in [0.1, 0.15) is 0 Å². The summed E-state index contributed by atoms with van der Waals surface area (Å²) in [5, 5.41) is 6.50. The van der Waals surface area contributed by atoms with E-state index < -0.39 is 0 Å². The zero-order valence-electron chi connectivity index (χ0n) is 19.0. The number of carbonyl (C=O) groups excluding carboxylic acids is 2. The number of fused-ring (bicyclic) bond motifs is 5. The molecule has 4 rings (SSSR count). The highest BCUT2D eigenvalue weighted by molar-refractivity contribution is 6.06. The molecular weight excluding hydrogens is 408 g/mol. The molecule has 0 aromatic heterocycles. The molecule has 0 radical (unpaired) electrons. The quantitative estimate of drug-likeness (QED) is 0.199. The molecular formula is C24H32N4O4. The Morgan fingerprint density at radius 3 is 2.31 bits per heavy atom. The molecule has 8 heteroatoms. The number of carbonyl (C=O) groups is 2. The highest BCUT2D eigenvalue weighted by atomic mass is 16.5. The molecule has 2 aliphatic carbocycles. The van der Waals surface area contributed by atoms with Crippen molar-refractivity contribution in [2.24, 2.45) is 28.7 Å². The summed E-state index contributed by atoms with van der Waals surface area (Å²) in [5.74, 6) is 2.35. The molecule has 1 saturated heterocycles. The van der Waals surface area contributed by atoms with E-state index in [4.69, 9.17) is 9.47 Å². The number of aryl methyl sites for hydroxylation is 1.